The maximum atomic E-state index is 11.7. The van der Waals surface area contributed by atoms with Crippen LogP contribution in [0.25, 0.3) is 6.08 Å². The molecule has 0 aliphatic heterocycles. The number of ketones is 1. The third-order valence-electron chi connectivity index (χ3n) is 2.99. The third kappa shape index (κ3) is 5.07. The number of hydrogen-bond donors (Lipinski definition) is 1. The first-order valence-electron chi connectivity index (χ1n) is 6.85. The number of amides is 1. The van der Waals surface area contributed by atoms with E-state index in [1.807, 2.05) is 60.7 Å². The SMILES string of the molecule is O=C(/C=C/c1ccccc1)C(=O)NCCc1ccccc1. The maximum Gasteiger partial charge on any atom is 0.291 e. The van der Waals surface area contributed by atoms with Gasteiger partial charge in [0, 0.05) is 6.54 Å². The smallest absolute Gasteiger partial charge is 0.291 e. The molecule has 0 fully saturated rings. The topological polar surface area (TPSA) is 46.2 Å². The Balaban J connectivity index is 1.78. The zero-order valence-corrected chi connectivity index (χ0v) is 11.7. The van der Waals surface area contributed by atoms with Crippen molar-refractivity contribution >= 4 is 17.8 Å². The molecule has 1 amide bonds. The van der Waals surface area contributed by atoms with Crippen LogP contribution >= 0.6 is 0 Å². The van der Waals surface area contributed by atoms with Crippen LogP contribution < -0.4 is 5.32 Å². The molecular formula is C18H17NO2. The summed E-state index contributed by atoms with van der Waals surface area (Å²) in [5.41, 5.74) is 2.02. The van der Waals surface area contributed by atoms with E-state index < -0.39 is 11.7 Å². The Bertz CT molecular complexity index is 618. The molecular weight excluding hydrogens is 262 g/mol. The molecule has 0 aliphatic rings. The Morgan fingerprint density at radius 1 is 0.905 bits per heavy atom. The van der Waals surface area contributed by atoms with Gasteiger partial charge in [0.2, 0.25) is 5.78 Å². The Morgan fingerprint density at radius 2 is 1.52 bits per heavy atom. The van der Waals surface area contributed by atoms with Crippen LogP contribution in [0.15, 0.2) is 66.7 Å². The van der Waals surface area contributed by atoms with Crippen molar-refractivity contribution in [1.29, 1.82) is 0 Å². The highest BCUT2D eigenvalue weighted by Crippen LogP contribution is 2.01. The van der Waals surface area contributed by atoms with Crippen molar-refractivity contribution in [3.8, 4) is 0 Å². The van der Waals surface area contributed by atoms with Crippen LogP contribution in [0, 0.1) is 0 Å². The minimum Gasteiger partial charge on any atom is -0.349 e. The molecule has 0 aromatic heterocycles. The van der Waals surface area contributed by atoms with Crippen LogP contribution in [0.2, 0.25) is 0 Å². The van der Waals surface area contributed by atoms with Crippen molar-refractivity contribution in [2.45, 2.75) is 6.42 Å². The van der Waals surface area contributed by atoms with Crippen molar-refractivity contribution in [2.24, 2.45) is 0 Å². The lowest BCUT2D eigenvalue weighted by atomic mass is 10.1. The minimum absolute atomic E-state index is 0.452. The molecule has 21 heavy (non-hydrogen) atoms. The second-order valence-electron chi connectivity index (χ2n) is 4.60. The molecule has 0 spiro atoms. The zero-order valence-electron chi connectivity index (χ0n) is 11.7. The highest BCUT2D eigenvalue weighted by molar-refractivity contribution is 6.41. The van der Waals surface area contributed by atoms with E-state index in [-0.39, 0.29) is 0 Å². The summed E-state index contributed by atoms with van der Waals surface area (Å²) in [6.45, 7) is 0.452. The lowest BCUT2D eigenvalue weighted by Crippen LogP contribution is -2.31. The van der Waals surface area contributed by atoms with E-state index in [4.69, 9.17) is 0 Å². The second kappa shape index (κ2) is 7.80. The van der Waals surface area contributed by atoms with E-state index in [0.717, 1.165) is 11.1 Å². The first kappa shape index (κ1) is 14.7. The molecule has 0 bridgehead atoms. The molecule has 0 saturated carbocycles. The molecule has 1 N–H and O–H groups in total. The van der Waals surface area contributed by atoms with Crippen LogP contribution in [-0.2, 0) is 16.0 Å². The predicted octanol–water partition coefficient (Wildman–Crippen LogP) is 2.63. The molecule has 2 aromatic carbocycles. The molecule has 0 unspecified atom stereocenters. The Hall–Kier alpha value is -2.68. The average molecular weight is 279 g/mol. The van der Waals surface area contributed by atoms with Gasteiger partial charge < -0.3 is 5.32 Å². The van der Waals surface area contributed by atoms with Crippen molar-refractivity contribution in [3.05, 3.63) is 77.9 Å². The summed E-state index contributed by atoms with van der Waals surface area (Å²) in [5, 5.41) is 2.63. The molecule has 106 valence electrons. The molecule has 0 radical (unpaired) electrons. The van der Waals surface area contributed by atoms with Gasteiger partial charge in [-0.2, -0.15) is 0 Å². The van der Waals surface area contributed by atoms with E-state index >= 15 is 0 Å². The Labute approximate surface area is 124 Å². The summed E-state index contributed by atoms with van der Waals surface area (Å²) in [6.07, 6.45) is 3.65. The number of nitrogens with one attached hydrogen (secondary N) is 1. The van der Waals surface area contributed by atoms with Gasteiger partial charge in [0.25, 0.3) is 5.91 Å². The lowest BCUT2D eigenvalue weighted by Gasteiger charge is -2.02. The van der Waals surface area contributed by atoms with Crippen molar-refractivity contribution < 1.29 is 9.59 Å². The van der Waals surface area contributed by atoms with Crippen molar-refractivity contribution in [2.75, 3.05) is 6.54 Å². The summed E-state index contributed by atoms with van der Waals surface area (Å²) >= 11 is 0. The van der Waals surface area contributed by atoms with Gasteiger partial charge >= 0.3 is 0 Å². The van der Waals surface area contributed by atoms with E-state index in [9.17, 15) is 9.59 Å². The van der Waals surface area contributed by atoms with Gasteiger partial charge in [-0.15, -0.1) is 0 Å². The molecule has 0 aliphatic carbocycles. The van der Waals surface area contributed by atoms with Gasteiger partial charge in [-0.25, -0.2) is 0 Å². The fraction of sp³-hybridized carbons (Fsp3) is 0.111. The normalized spacial score (nSPS) is 10.5. The fourth-order valence-corrected chi connectivity index (χ4v) is 1.86. The Morgan fingerprint density at radius 3 is 2.19 bits per heavy atom. The van der Waals surface area contributed by atoms with Gasteiger partial charge in [-0.05, 0) is 23.6 Å². The predicted molar refractivity (Wildman–Crippen MR) is 83.6 cm³/mol. The third-order valence-corrected chi connectivity index (χ3v) is 2.99. The number of rotatable bonds is 6. The van der Waals surface area contributed by atoms with Crippen molar-refractivity contribution in [3.63, 3.8) is 0 Å². The lowest BCUT2D eigenvalue weighted by molar-refractivity contribution is -0.135. The quantitative estimate of drug-likeness (QED) is 0.652. The van der Waals surface area contributed by atoms with E-state index in [1.54, 1.807) is 6.08 Å². The summed E-state index contributed by atoms with van der Waals surface area (Å²) in [5.74, 6) is -1.11. The van der Waals surface area contributed by atoms with Crippen LogP contribution in [0.5, 0.6) is 0 Å². The maximum absolute atomic E-state index is 11.7. The largest absolute Gasteiger partial charge is 0.349 e. The first-order valence-corrected chi connectivity index (χ1v) is 6.85. The number of carbonyl (C=O) groups excluding carboxylic acids is 2. The Kier molecular flexibility index (Phi) is 5.47. The van der Waals surface area contributed by atoms with Gasteiger partial charge in [0.05, 0.1) is 0 Å². The van der Waals surface area contributed by atoms with Crippen LogP contribution in [0.1, 0.15) is 11.1 Å². The molecule has 2 rings (SSSR count). The number of carbonyl (C=O) groups is 2. The zero-order chi connectivity index (χ0) is 14.9. The highest BCUT2D eigenvalue weighted by Gasteiger charge is 2.08. The van der Waals surface area contributed by atoms with Crippen LogP contribution in [0.3, 0.4) is 0 Å². The minimum atomic E-state index is -0.571. The van der Waals surface area contributed by atoms with E-state index in [0.29, 0.717) is 13.0 Å². The standard InChI is InChI=1S/C18H17NO2/c20-17(12-11-15-7-3-1-4-8-15)18(21)19-14-13-16-9-5-2-6-10-16/h1-12H,13-14H2,(H,19,21)/b12-11+. The van der Waals surface area contributed by atoms with E-state index in [1.165, 1.54) is 6.08 Å². The summed E-state index contributed by atoms with van der Waals surface area (Å²) in [6, 6.07) is 19.2. The molecule has 2 aromatic rings. The van der Waals surface area contributed by atoms with Gasteiger partial charge in [-0.3, -0.25) is 9.59 Å². The molecule has 0 heterocycles. The summed E-state index contributed by atoms with van der Waals surface area (Å²) < 4.78 is 0. The molecule has 0 atom stereocenters. The second-order valence-corrected chi connectivity index (χ2v) is 4.60. The van der Waals surface area contributed by atoms with Crippen LogP contribution in [-0.4, -0.2) is 18.2 Å². The highest BCUT2D eigenvalue weighted by atomic mass is 16.2. The van der Waals surface area contributed by atoms with Crippen LogP contribution in [0.4, 0.5) is 0 Å². The van der Waals surface area contributed by atoms with Gasteiger partial charge in [-0.1, -0.05) is 66.7 Å². The molecule has 3 heteroatoms. The molecule has 0 saturated heterocycles. The number of benzene rings is 2. The first-order chi connectivity index (χ1) is 10.3. The summed E-state index contributed by atoms with van der Waals surface area (Å²) in [4.78, 5) is 23.3. The summed E-state index contributed by atoms with van der Waals surface area (Å²) in [7, 11) is 0. The van der Waals surface area contributed by atoms with E-state index in [2.05, 4.69) is 5.32 Å². The van der Waals surface area contributed by atoms with Crippen molar-refractivity contribution in [1.82, 2.24) is 5.32 Å². The fourth-order valence-electron chi connectivity index (χ4n) is 1.86. The molecule has 3 nitrogen and oxygen atoms in total. The number of hydrogen-bond acceptors (Lipinski definition) is 2. The monoisotopic (exact) mass is 279 g/mol. The van der Waals surface area contributed by atoms with Gasteiger partial charge in [0.15, 0.2) is 0 Å². The van der Waals surface area contributed by atoms with Gasteiger partial charge in [0.1, 0.15) is 0 Å². The average Bonchev–Trinajstić information content (AvgIpc) is 2.54.